The molecule has 1 aliphatic rings. The van der Waals surface area contributed by atoms with Crippen LogP contribution in [0.15, 0.2) is 53.5 Å². The first kappa shape index (κ1) is 18.0. The number of nitrogens with two attached hydrogens (primary N) is 1. The van der Waals surface area contributed by atoms with Crippen molar-refractivity contribution >= 4 is 34.4 Å². The van der Waals surface area contributed by atoms with Crippen molar-refractivity contribution in [2.75, 3.05) is 0 Å². The van der Waals surface area contributed by atoms with E-state index < -0.39 is 4.75 Å². The Morgan fingerprint density at radius 2 is 1.92 bits per heavy atom. The van der Waals surface area contributed by atoms with Crippen LogP contribution in [0.5, 0.6) is 0 Å². The van der Waals surface area contributed by atoms with E-state index in [4.69, 9.17) is 17.3 Å². The second kappa shape index (κ2) is 7.20. The number of hydrogen-bond acceptors (Lipinski definition) is 4. The maximum absolute atomic E-state index is 12.6. The zero-order chi connectivity index (χ0) is 18.0. The number of rotatable bonds is 4. The second-order valence-electron chi connectivity index (χ2n) is 6.12. The molecule has 1 unspecified atom stereocenters. The zero-order valence-electron chi connectivity index (χ0n) is 14.1. The van der Waals surface area contributed by atoms with E-state index in [9.17, 15) is 4.79 Å². The number of amidine groups is 1. The van der Waals surface area contributed by atoms with Gasteiger partial charge in [0.05, 0.1) is 6.04 Å². The third-order valence-electron chi connectivity index (χ3n) is 4.36. The highest BCUT2D eigenvalue weighted by Crippen LogP contribution is 2.42. The topological polar surface area (TPSA) is 67.5 Å². The standard InChI is InChI=1S/C19H20ClN3OS/c1-12(15-5-3-4-6-16(15)20)22-18-23-17(24)19(2,25-18)14-9-7-13(11-21)8-10-14/h3-10,12H,11,21H2,1-2H3,(H,22,23,24)/t12-,19?/m0/s1. The van der Waals surface area contributed by atoms with Gasteiger partial charge < -0.3 is 11.1 Å². The summed E-state index contributed by atoms with van der Waals surface area (Å²) < 4.78 is -0.702. The number of thioether (sulfide) groups is 1. The van der Waals surface area contributed by atoms with Crippen LogP contribution in [0, 0.1) is 0 Å². The van der Waals surface area contributed by atoms with Crippen LogP contribution in [-0.2, 0) is 16.1 Å². The summed E-state index contributed by atoms with van der Waals surface area (Å²) in [5.74, 6) is -0.0666. The number of carbonyl (C=O) groups excluding carboxylic acids is 1. The molecule has 1 saturated heterocycles. The molecule has 3 N–H and O–H groups in total. The molecule has 2 aromatic carbocycles. The van der Waals surface area contributed by atoms with Crippen LogP contribution in [0.4, 0.5) is 0 Å². The van der Waals surface area contributed by atoms with Gasteiger partial charge in [-0.15, -0.1) is 0 Å². The number of nitrogens with zero attached hydrogens (tertiary/aromatic N) is 1. The van der Waals surface area contributed by atoms with Gasteiger partial charge in [0, 0.05) is 11.6 Å². The van der Waals surface area contributed by atoms with E-state index in [0.717, 1.165) is 16.7 Å². The fraction of sp³-hybridized carbons (Fsp3) is 0.263. The Kier molecular flexibility index (Phi) is 5.18. The van der Waals surface area contributed by atoms with Gasteiger partial charge in [-0.1, -0.05) is 65.8 Å². The van der Waals surface area contributed by atoms with Crippen molar-refractivity contribution in [3.05, 3.63) is 70.2 Å². The Morgan fingerprint density at radius 1 is 1.24 bits per heavy atom. The van der Waals surface area contributed by atoms with Crippen LogP contribution in [0.2, 0.25) is 5.02 Å². The van der Waals surface area contributed by atoms with E-state index >= 15 is 0 Å². The highest BCUT2D eigenvalue weighted by atomic mass is 35.5. The van der Waals surface area contributed by atoms with Crippen LogP contribution in [0.25, 0.3) is 0 Å². The minimum Gasteiger partial charge on any atom is -0.326 e. The third kappa shape index (κ3) is 3.59. The molecule has 1 amide bonds. The number of benzene rings is 2. The molecule has 3 rings (SSSR count). The van der Waals surface area contributed by atoms with Crippen LogP contribution in [0.1, 0.15) is 36.6 Å². The molecule has 1 fully saturated rings. The van der Waals surface area contributed by atoms with E-state index in [-0.39, 0.29) is 11.9 Å². The Hall–Kier alpha value is -1.82. The second-order valence-corrected chi connectivity index (χ2v) is 7.94. The molecular weight excluding hydrogens is 354 g/mol. The minimum absolute atomic E-state index is 0.0666. The average molecular weight is 374 g/mol. The summed E-state index contributed by atoms with van der Waals surface area (Å²) in [5, 5.41) is 4.19. The SMILES string of the molecule is C[C@H](N=C1NC(=O)C(C)(c2ccc(CN)cc2)S1)c1ccccc1Cl. The first-order valence-electron chi connectivity index (χ1n) is 8.06. The van der Waals surface area contributed by atoms with Crippen LogP contribution in [-0.4, -0.2) is 11.1 Å². The summed E-state index contributed by atoms with van der Waals surface area (Å²) >= 11 is 7.67. The van der Waals surface area contributed by atoms with E-state index in [2.05, 4.69) is 10.3 Å². The Labute approximate surface area is 156 Å². The lowest BCUT2D eigenvalue weighted by Gasteiger charge is -2.19. The molecule has 0 aromatic heterocycles. The largest absolute Gasteiger partial charge is 0.326 e. The van der Waals surface area contributed by atoms with Crippen molar-refractivity contribution < 1.29 is 4.79 Å². The zero-order valence-corrected chi connectivity index (χ0v) is 15.7. The number of halogens is 1. The highest BCUT2D eigenvalue weighted by Gasteiger charge is 2.44. The van der Waals surface area contributed by atoms with Gasteiger partial charge in [-0.25, -0.2) is 0 Å². The molecule has 0 saturated carbocycles. The fourth-order valence-electron chi connectivity index (χ4n) is 2.75. The lowest BCUT2D eigenvalue weighted by Crippen LogP contribution is -2.31. The van der Waals surface area contributed by atoms with Crippen LogP contribution >= 0.6 is 23.4 Å². The average Bonchev–Trinajstić information content (AvgIpc) is 2.90. The van der Waals surface area contributed by atoms with Gasteiger partial charge in [0.1, 0.15) is 4.75 Å². The summed E-state index contributed by atoms with van der Waals surface area (Å²) in [6.07, 6.45) is 0. The molecule has 0 aliphatic carbocycles. The van der Waals surface area contributed by atoms with Crippen LogP contribution < -0.4 is 11.1 Å². The quantitative estimate of drug-likeness (QED) is 0.851. The van der Waals surface area contributed by atoms with Gasteiger partial charge in [-0.05, 0) is 36.6 Å². The molecular formula is C19H20ClN3OS. The van der Waals surface area contributed by atoms with Gasteiger partial charge in [0.2, 0.25) is 5.91 Å². The van der Waals surface area contributed by atoms with E-state index in [1.54, 1.807) is 0 Å². The van der Waals surface area contributed by atoms with E-state index in [1.807, 2.05) is 62.4 Å². The minimum atomic E-state index is -0.702. The van der Waals surface area contributed by atoms with Gasteiger partial charge in [0.25, 0.3) is 0 Å². The predicted molar refractivity (Wildman–Crippen MR) is 105 cm³/mol. The first-order chi connectivity index (χ1) is 11.9. The van der Waals surface area contributed by atoms with Gasteiger partial charge in [-0.2, -0.15) is 0 Å². The van der Waals surface area contributed by atoms with Crippen molar-refractivity contribution in [3.8, 4) is 0 Å². The summed E-state index contributed by atoms with van der Waals surface area (Å²) in [6.45, 7) is 4.36. The highest BCUT2D eigenvalue weighted by molar-refractivity contribution is 8.15. The lowest BCUT2D eigenvalue weighted by atomic mass is 9.98. The molecule has 2 aromatic rings. The van der Waals surface area contributed by atoms with Gasteiger partial charge >= 0.3 is 0 Å². The predicted octanol–water partition coefficient (Wildman–Crippen LogP) is 3.99. The van der Waals surface area contributed by atoms with Crippen molar-refractivity contribution in [2.45, 2.75) is 31.2 Å². The number of hydrogen-bond donors (Lipinski definition) is 2. The molecule has 0 radical (unpaired) electrons. The Balaban J connectivity index is 1.84. The van der Waals surface area contributed by atoms with Crippen molar-refractivity contribution in [2.24, 2.45) is 10.7 Å². The Morgan fingerprint density at radius 3 is 2.56 bits per heavy atom. The van der Waals surface area contributed by atoms with E-state index in [1.165, 1.54) is 11.8 Å². The third-order valence-corrected chi connectivity index (χ3v) is 5.94. The summed E-state index contributed by atoms with van der Waals surface area (Å²) in [6, 6.07) is 15.3. The molecule has 0 spiro atoms. The monoisotopic (exact) mass is 373 g/mol. The number of nitrogens with one attached hydrogen (secondary N) is 1. The van der Waals surface area contributed by atoms with Crippen molar-refractivity contribution in [1.82, 2.24) is 5.32 Å². The maximum Gasteiger partial charge on any atom is 0.246 e. The molecule has 1 heterocycles. The Bertz CT molecular complexity index is 822. The van der Waals surface area contributed by atoms with Crippen molar-refractivity contribution in [1.29, 1.82) is 0 Å². The van der Waals surface area contributed by atoms with Crippen molar-refractivity contribution in [3.63, 3.8) is 0 Å². The number of carbonyl (C=O) groups is 1. The number of aliphatic imine (C=N–C) groups is 1. The fourth-order valence-corrected chi connectivity index (χ4v) is 4.18. The summed E-state index contributed by atoms with van der Waals surface area (Å²) in [7, 11) is 0. The molecule has 25 heavy (non-hydrogen) atoms. The normalized spacial score (nSPS) is 22.9. The summed E-state index contributed by atoms with van der Waals surface area (Å²) in [4.78, 5) is 17.2. The summed E-state index contributed by atoms with van der Waals surface area (Å²) in [5.41, 5.74) is 8.55. The molecule has 0 bridgehead atoms. The number of amides is 1. The molecule has 6 heteroatoms. The first-order valence-corrected chi connectivity index (χ1v) is 9.25. The maximum atomic E-state index is 12.6. The lowest BCUT2D eigenvalue weighted by molar-refractivity contribution is -0.121. The van der Waals surface area contributed by atoms with E-state index in [0.29, 0.717) is 16.7 Å². The molecule has 4 nitrogen and oxygen atoms in total. The van der Waals surface area contributed by atoms with Crippen LogP contribution in [0.3, 0.4) is 0 Å². The van der Waals surface area contributed by atoms with Gasteiger partial charge in [-0.3, -0.25) is 9.79 Å². The van der Waals surface area contributed by atoms with Gasteiger partial charge in [0.15, 0.2) is 5.17 Å². The molecule has 2 atom stereocenters. The smallest absolute Gasteiger partial charge is 0.246 e. The molecule has 130 valence electrons. The molecule has 1 aliphatic heterocycles.